The molecule has 0 saturated heterocycles. The molecule has 0 aliphatic carbocycles. The van der Waals surface area contributed by atoms with Crippen LogP contribution in [0.2, 0.25) is 0 Å². The van der Waals surface area contributed by atoms with Gasteiger partial charge in [-0.2, -0.15) is 5.10 Å². The van der Waals surface area contributed by atoms with Gasteiger partial charge >= 0.3 is 0 Å². The third-order valence-electron chi connectivity index (χ3n) is 2.49. The fraction of sp³-hybridized carbons (Fsp3) is 0. The van der Waals surface area contributed by atoms with Crippen molar-refractivity contribution in [3.05, 3.63) is 60.5 Å². The molecule has 0 radical (unpaired) electrons. The third-order valence-corrected chi connectivity index (χ3v) is 2.49. The molecule has 0 amide bonds. The zero-order valence-electron chi connectivity index (χ0n) is 8.47. The van der Waals surface area contributed by atoms with Gasteiger partial charge in [-0.05, 0) is 24.3 Å². The lowest BCUT2D eigenvalue weighted by Crippen LogP contribution is -1.94. The minimum absolute atomic E-state index is 0.253. The summed E-state index contributed by atoms with van der Waals surface area (Å²) < 4.78 is 14.8. The Hall–Kier alpha value is -2.16. The van der Waals surface area contributed by atoms with Crippen LogP contribution in [0.5, 0.6) is 0 Å². The van der Waals surface area contributed by atoms with Gasteiger partial charge in [0.2, 0.25) is 0 Å². The lowest BCUT2D eigenvalue weighted by atomic mass is 10.3. The Kier molecular flexibility index (Phi) is 1.96. The summed E-state index contributed by atoms with van der Waals surface area (Å²) in [5.74, 6) is -0.253. The normalized spacial score (nSPS) is 10.8. The van der Waals surface area contributed by atoms with Gasteiger partial charge in [-0.25, -0.2) is 9.07 Å². The summed E-state index contributed by atoms with van der Waals surface area (Å²) in [6.07, 6.45) is 1.89. The number of nitrogens with zero attached hydrogens (tertiary/aromatic N) is 2. The first-order chi connectivity index (χ1) is 7.83. The Morgan fingerprint density at radius 3 is 2.69 bits per heavy atom. The molecule has 3 rings (SSSR count). The maximum absolute atomic E-state index is 13.1. The van der Waals surface area contributed by atoms with Gasteiger partial charge in [-0.15, -0.1) is 0 Å². The van der Waals surface area contributed by atoms with Crippen molar-refractivity contribution in [2.75, 3.05) is 0 Å². The van der Waals surface area contributed by atoms with E-state index in [-0.39, 0.29) is 5.82 Å². The molecule has 1 aromatic heterocycles. The largest absolute Gasteiger partial charge is 0.240 e. The molecule has 0 spiro atoms. The molecule has 0 bridgehead atoms. The van der Waals surface area contributed by atoms with Gasteiger partial charge in [0.05, 0.1) is 11.2 Å². The van der Waals surface area contributed by atoms with Crippen molar-refractivity contribution in [3.63, 3.8) is 0 Å². The topological polar surface area (TPSA) is 17.8 Å². The average Bonchev–Trinajstić information content (AvgIpc) is 2.72. The number of halogens is 1. The van der Waals surface area contributed by atoms with E-state index in [0.717, 1.165) is 16.6 Å². The van der Waals surface area contributed by atoms with E-state index < -0.39 is 0 Å². The van der Waals surface area contributed by atoms with Crippen LogP contribution < -0.4 is 0 Å². The smallest absolute Gasteiger partial charge is 0.125 e. The molecule has 0 unspecified atom stereocenters. The van der Waals surface area contributed by atoms with Gasteiger partial charge in [0.1, 0.15) is 5.82 Å². The average molecular weight is 212 g/mol. The van der Waals surface area contributed by atoms with Crippen molar-refractivity contribution in [2.45, 2.75) is 0 Å². The van der Waals surface area contributed by atoms with Crippen molar-refractivity contribution in [1.29, 1.82) is 0 Å². The van der Waals surface area contributed by atoms with Crippen LogP contribution in [-0.2, 0) is 0 Å². The van der Waals surface area contributed by atoms with Gasteiger partial charge in [0.15, 0.2) is 0 Å². The highest BCUT2D eigenvalue weighted by Gasteiger charge is 2.02. The zero-order valence-corrected chi connectivity index (χ0v) is 8.47. The number of hydrogen-bond acceptors (Lipinski definition) is 1. The molecule has 0 atom stereocenters. The standard InChI is InChI=1S/C13H9FN2/c14-11-5-3-6-12(8-11)16-9-10-4-1-2-7-13(10)15-16/h1-9H. The lowest BCUT2D eigenvalue weighted by molar-refractivity contribution is 0.625. The summed E-state index contributed by atoms with van der Waals surface area (Å²) in [5, 5.41) is 5.42. The molecular weight excluding hydrogens is 203 g/mol. The maximum Gasteiger partial charge on any atom is 0.125 e. The number of fused-ring (bicyclic) bond motifs is 1. The highest BCUT2D eigenvalue weighted by atomic mass is 19.1. The van der Waals surface area contributed by atoms with Gasteiger partial charge in [0.25, 0.3) is 0 Å². The first-order valence-electron chi connectivity index (χ1n) is 5.03. The van der Waals surface area contributed by atoms with Gasteiger partial charge < -0.3 is 0 Å². The Morgan fingerprint density at radius 1 is 1.00 bits per heavy atom. The molecule has 0 fully saturated rings. The quantitative estimate of drug-likeness (QED) is 0.605. The van der Waals surface area contributed by atoms with Crippen LogP contribution in [0.4, 0.5) is 4.39 Å². The van der Waals surface area contributed by atoms with Crippen LogP contribution >= 0.6 is 0 Å². The van der Waals surface area contributed by atoms with E-state index in [1.807, 2.05) is 36.5 Å². The summed E-state index contributed by atoms with van der Waals surface area (Å²) in [5.41, 5.74) is 1.64. The number of hydrogen-bond donors (Lipinski definition) is 0. The van der Waals surface area contributed by atoms with Crippen molar-refractivity contribution < 1.29 is 4.39 Å². The van der Waals surface area contributed by atoms with Gasteiger partial charge in [-0.1, -0.05) is 24.3 Å². The monoisotopic (exact) mass is 212 g/mol. The van der Waals surface area contributed by atoms with Gasteiger partial charge in [-0.3, -0.25) is 0 Å². The highest BCUT2D eigenvalue weighted by Crippen LogP contribution is 2.15. The van der Waals surface area contributed by atoms with Crippen molar-refractivity contribution in [2.24, 2.45) is 0 Å². The van der Waals surface area contributed by atoms with Crippen LogP contribution in [-0.4, -0.2) is 9.78 Å². The van der Waals surface area contributed by atoms with Gasteiger partial charge in [0, 0.05) is 11.6 Å². The Labute approximate surface area is 91.9 Å². The van der Waals surface area contributed by atoms with Crippen molar-refractivity contribution >= 4 is 10.9 Å². The van der Waals surface area contributed by atoms with E-state index in [2.05, 4.69) is 5.10 Å². The summed E-state index contributed by atoms with van der Waals surface area (Å²) in [7, 11) is 0. The molecule has 1 heterocycles. The zero-order chi connectivity index (χ0) is 11.0. The molecular formula is C13H9FN2. The summed E-state index contributed by atoms with van der Waals surface area (Å²) in [6, 6.07) is 14.2. The Morgan fingerprint density at radius 2 is 1.88 bits per heavy atom. The SMILES string of the molecule is Fc1cccc(-n2cc3ccccc3n2)c1. The predicted octanol–water partition coefficient (Wildman–Crippen LogP) is 3.16. The van der Waals surface area contributed by atoms with E-state index in [1.54, 1.807) is 10.7 Å². The van der Waals surface area contributed by atoms with E-state index in [9.17, 15) is 4.39 Å². The van der Waals surface area contributed by atoms with Crippen LogP contribution in [0.1, 0.15) is 0 Å². The van der Waals surface area contributed by atoms with Crippen molar-refractivity contribution in [3.8, 4) is 5.69 Å². The summed E-state index contributed by atoms with van der Waals surface area (Å²) >= 11 is 0. The van der Waals surface area contributed by atoms with Crippen LogP contribution in [0.15, 0.2) is 54.7 Å². The molecule has 0 N–H and O–H groups in total. The molecule has 78 valence electrons. The first kappa shape index (κ1) is 9.09. The molecule has 3 heteroatoms. The fourth-order valence-corrected chi connectivity index (χ4v) is 1.72. The minimum atomic E-state index is -0.253. The molecule has 16 heavy (non-hydrogen) atoms. The second-order valence-electron chi connectivity index (χ2n) is 3.61. The first-order valence-corrected chi connectivity index (χ1v) is 5.03. The molecule has 2 nitrogen and oxygen atoms in total. The molecule has 0 saturated carbocycles. The third kappa shape index (κ3) is 1.46. The number of rotatable bonds is 1. The summed E-state index contributed by atoms with van der Waals surface area (Å²) in [6.45, 7) is 0. The second kappa shape index (κ2) is 3.45. The fourth-order valence-electron chi connectivity index (χ4n) is 1.72. The van der Waals surface area contributed by atoms with E-state index in [1.165, 1.54) is 12.1 Å². The highest BCUT2D eigenvalue weighted by molar-refractivity contribution is 5.78. The lowest BCUT2D eigenvalue weighted by Gasteiger charge is -1.99. The van der Waals surface area contributed by atoms with Crippen molar-refractivity contribution in [1.82, 2.24) is 9.78 Å². The molecule has 0 aliphatic rings. The predicted molar refractivity (Wildman–Crippen MR) is 61.0 cm³/mol. The van der Waals surface area contributed by atoms with E-state index >= 15 is 0 Å². The maximum atomic E-state index is 13.1. The molecule has 3 aromatic rings. The molecule has 2 aromatic carbocycles. The van der Waals surface area contributed by atoms with Crippen LogP contribution in [0, 0.1) is 5.82 Å². The second-order valence-corrected chi connectivity index (χ2v) is 3.61. The van der Waals surface area contributed by atoms with Crippen LogP contribution in [0.25, 0.3) is 16.6 Å². The van der Waals surface area contributed by atoms with E-state index in [4.69, 9.17) is 0 Å². The number of benzene rings is 2. The number of aromatic nitrogens is 2. The summed E-state index contributed by atoms with van der Waals surface area (Å²) in [4.78, 5) is 0. The van der Waals surface area contributed by atoms with Crippen LogP contribution in [0.3, 0.4) is 0 Å². The minimum Gasteiger partial charge on any atom is -0.240 e. The Balaban J connectivity index is 2.19. The molecule has 0 aliphatic heterocycles. The van der Waals surface area contributed by atoms with E-state index in [0.29, 0.717) is 0 Å². The Bertz CT molecular complexity index is 610.